The minimum atomic E-state index is 0.0777. The van der Waals surface area contributed by atoms with Crippen LogP contribution < -0.4 is 5.32 Å². The molecule has 0 fully saturated rings. The van der Waals surface area contributed by atoms with E-state index in [-0.39, 0.29) is 6.04 Å². The van der Waals surface area contributed by atoms with Crippen LogP contribution in [0.5, 0.6) is 0 Å². The minimum absolute atomic E-state index is 0.0777. The maximum atomic E-state index is 5.99. The summed E-state index contributed by atoms with van der Waals surface area (Å²) in [5.41, 5.74) is 0.805. The van der Waals surface area contributed by atoms with E-state index in [1.54, 1.807) is 6.07 Å². The molecule has 2 aromatic rings. The molecule has 1 atom stereocenters. The fourth-order valence-electron chi connectivity index (χ4n) is 1.67. The average molecular weight is 331 g/mol. The third-order valence-electron chi connectivity index (χ3n) is 2.60. The lowest BCUT2D eigenvalue weighted by molar-refractivity contribution is 0.415. The van der Waals surface area contributed by atoms with Crippen LogP contribution in [0.1, 0.15) is 25.3 Å². The summed E-state index contributed by atoms with van der Waals surface area (Å²) in [4.78, 5) is 0. The lowest BCUT2D eigenvalue weighted by atomic mass is 10.2. The summed E-state index contributed by atoms with van der Waals surface area (Å²) < 4.78 is 6.54. The number of hydrogen-bond donors (Lipinski definition) is 1. The van der Waals surface area contributed by atoms with Gasteiger partial charge in [-0.25, -0.2) is 0 Å². The molecule has 6 heteroatoms. The van der Waals surface area contributed by atoms with Gasteiger partial charge in [0.05, 0.1) is 6.04 Å². The molecule has 0 aliphatic heterocycles. The second kappa shape index (κ2) is 5.82. The van der Waals surface area contributed by atoms with Gasteiger partial charge in [0.15, 0.2) is 0 Å². The Hall–Kier alpha value is -0.910. The van der Waals surface area contributed by atoms with Crippen molar-refractivity contribution in [3.63, 3.8) is 0 Å². The molecule has 4 nitrogen and oxygen atoms in total. The van der Waals surface area contributed by atoms with E-state index < -0.39 is 0 Å². The number of nitrogens with one attached hydrogen (secondary N) is 1. The van der Waals surface area contributed by atoms with Crippen LogP contribution in [-0.2, 0) is 0 Å². The van der Waals surface area contributed by atoms with Crippen molar-refractivity contribution in [1.29, 1.82) is 0 Å². The first-order valence-electron chi connectivity index (χ1n) is 5.61. The normalized spacial score (nSPS) is 12.7. The molecule has 1 heterocycles. The van der Waals surface area contributed by atoms with Gasteiger partial charge >= 0.3 is 0 Å². The smallest absolute Gasteiger partial charge is 0.247 e. The molecule has 2 rings (SSSR count). The van der Waals surface area contributed by atoms with E-state index in [4.69, 9.17) is 16.0 Å². The van der Waals surface area contributed by atoms with E-state index >= 15 is 0 Å². The standard InChI is InChI=1S/C12H13BrClN3O/c1-3-10(15-2)12-17-16-11(18-12)7-4-8(13)6-9(14)5-7/h4-6,10,15H,3H2,1-2H3. The van der Waals surface area contributed by atoms with Crippen molar-refractivity contribution in [1.82, 2.24) is 15.5 Å². The van der Waals surface area contributed by atoms with Gasteiger partial charge in [0, 0.05) is 15.1 Å². The van der Waals surface area contributed by atoms with Crippen LogP contribution in [0.3, 0.4) is 0 Å². The molecule has 0 saturated carbocycles. The first kappa shape index (κ1) is 13.5. The van der Waals surface area contributed by atoms with Crippen LogP contribution in [0.15, 0.2) is 27.1 Å². The maximum absolute atomic E-state index is 5.99. The SMILES string of the molecule is CCC(NC)c1nnc(-c2cc(Cl)cc(Br)c2)o1. The Morgan fingerprint density at radius 3 is 2.78 bits per heavy atom. The zero-order valence-corrected chi connectivity index (χ0v) is 12.4. The Morgan fingerprint density at radius 2 is 2.17 bits per heavy atom. The number of halogens is 2. The molecule has 0 aliphatic rings. The van der Waals surface area contributed by atoms with E-state index in [0.29, 0.717) is 16.8 Å². The molecular formula is C12H13BrClN3O. The number of benzene rings is 1. The van der Waals surface area contributed by atoms with Crippen molar-refractivity contribution in [2.45, 2.75) is 19.4 Å². The van der Waals surface area contributed by atoms with Gasteiger partial charge in [0.25, 0.3) is 0 Å². The van der Waals surface area contributed by atoms with Gasteiger partial charge in [-0.2, -0.15) is 0 Å². The Balaban J connectivity index is 2.34. The molecule has 18 heavy (non-hydrogen) atoms. The number of aromatic nitrogens is 2. The molecular weight excluding hydrogens is 318 g/mol. The minimum Gasteiger partial charge on any atom is -0.419 e. The highest BCUT2D eigenvalue weighted by Gasteiger charge is 2.16. The second-order valence-corrected chi connectivity index (χ2v) is 5.21. The quantitative estimate of drug-likeness (QED) is 0.926. The first-order valence-corrected chi connectivity index (χ1v) is 6.78. The third kappa shape index (κ3) is 2.91. The molecule has 1 N–H and O–H groups in total. The molecule has 0 bridgehead atoms. The summed E-state index contributed by atoms with van der Waals surface area (Å²) in [5.74, 6) is 1.06. The Bertz CT molecular complexity index is 520. The zero-order chi connectivity index (χ0) is 13.1. The fourth-order valence-corrected chi connectivity index (χ4v) is 2.53. The average Bonchev–Trinajstić information content (AvgIpc) is 2.79. The van der Waals surface area contributed by atoms with Crippen LogP contribution in [0.25, 0.3) is 11.5 Å². The summed E-state index contributed by atoms with van der Waals surface area (Å²) >= 11 is 9.38. The van der Waals surface area contributed by atoms with Crippen LogP contribution in [0.2, 0.25) is 5.02 Å². The topological polar surface area (TPSA) is 51.0 Å². The number of hydrogen-bond acceptors (Lipinski definition) is 4. The van der Waals surface area contributed by atoms with Gasteiger partial charge < -0.3 is 9.73 Å². The predicted octanol–water partition coefficient (Wildman–Crippen LogP) is 3.82. The van der Waals surface area contributed by atoms with Gasteiger partial charge in [-0.15, -0.1) is 10.2 Å². The van der Waals surface area contributed by atoms with E-state index in [1.165, 1.54) is 0 Å². The molecule has 0 aliphatic carbocycles. The van der Waals surface area contributed by atoms with Crippen molar-refractivity contribution >= 4 is 27.5 Å². The molecule has 0 saturated heterocycles. The zero-order valence-electron chi connectivity index (χ0n) is 10.1. The van der Waals surface area contributed by atoms with Gasteiger partial charge in [-0.3, -0.25) is 0 Å². The van der Waals surface area contributed by atoms with Crippen LogP contribution >= 0.6 is 27.5 Å². The molecule has 96 valence electrons. The van der Waals surface area contributed by atoms with E-state index in [9.17, 15) is 0 Å². The van der Waals surface area contributed by atoms with Crippen molar-refractivity contribution < 1.29 is 4.42 Å². The lowest BCUT2D eigenvalue weighted by Gasteiger charge is -2.07. The van der Waals surface area contributed by atoms with Crippen molar-refractivity contribution in [2.75, 3.05) is 7.05 Å². The molecule has 1 aromatic heterocycles. The number of rotatable bonds is 4. The maximum Gasteiger partial charge on any atom is 0.247 e. The Kier molecular flexibility index (Phi) is 4.37. The van der Waals surface area contributed by atoms with Crippen LogP contribution in [0.4, 0.5) is 0 Å². The monoisotopic (exact) mass is 329 g/mol. The van der Waals surface area contributed by atoms with Gasteiger partial charge in [-0.1, -0.05) is 34.5 Å². The highest BCUT2D eigenvalue weighted by molar-refractivity contribution is 9.10. The summed E-state index contributed by atoms with van der Waals surface area (Å²) in [6.07, 6.45) is 0.886. The molecule has 0 amide bonds. The highest BCUT2D eigenvalue weighted by Crippen LogP contribution is 2.27. The summed E-state index contributed by atoms with van der Waals surface area (Å²) in [5, 5.41) is 11.9. The third-order valence-corrected chi connectivity index (χ3v) is 3.28. The van der Waals surface area contributed by atoms with E-state index in [2.05, 4.69) is 38.4 Å². The van der Waals surface area contributed by atoms with Crippen LogP contribution in [0, 0.1) is 0 Å². The fraction of sp³-hybridized carbons (Fsp3) is 0.333. The molecule has 0 radical (unpaired) electrons. The second-order valence-electron chi connectivity index (χ2n) is 3.85. The predicted molar refractivity (Wildman–Crippen MR) is 74.5 cm³/mol. The molecule has 1 aromatic carbocycles. The van der Waals surface area contributed by atoms with E-state index in [1.807, 2.05) is 19.2 Å². The van der Waals surface area contributed by atoms with Crippen molar-refractivity contribution in [2.24, 2.45) is 0 Å². The first-order chi connectivity index (χ1) is 8.63. The number of nitrogens with zero attached hydrogens (tertiary/aromatic N) is 2. The molecule has 1 unspecified atom stereocenters. The summed E-state index contributed by atoms with van der Waals surface area (Å²) in [7, 11) is 1.87. The van der Waals surface area contributed by atoms with Crippen molar-refractivity contribution in [3.8, 4) is 11.5 Å². The summed E-state index contributed by atoms with van der Waals surface area (Å²) in [6.45, 7) is 2.06. The molecule has 0 spiro atoms. The van der Waals surface area contributed by atoms with Crippen LogP contribution in [-0.4, -0.2) is 17.2 Å². The van der Waals surface area contributed by atoms with E-state index in [0.717, 1.165) is 16.5 Å². The highest BCUT2D eigenvalue weighted by atomic mass is 79.9. The van der Waals surface area contributed by atoms with Crippen molar-refractivity contribution in [3.05, 3.63) is 33.6 Å². The Morgan fingerprint density at radius 1 is 1.39 bits per heavy atom. The van der Waals surface area contributed by atoms with Gasteiger partial charge in [0.2, 0.25) is 11.8 Å². The largest absolute Gasteiger partial charge is 0.419 e. The summed E-state index contributed by atoms with van der Waals surface area (Å²) in [6, 6.07) is 5.58. The van der Waals surface area contributed by atoms with Gasteiger partial charge in [-0.05, 0) is 31.7 Å². The van der Waals surface area contributed by atoms with Gasteiger partial charge in [0.1, 0.15) is 0 Å². The lowest BCUT2D eigenvalue weighted by Crippen LogP contribution is -2.15. The Labute approximate surface area is 119 Å².